The first kappa shape index (κ1) is 53.2. The number of nitrogens with zero attached hydrogens (tertiary/aromatic N) is 5. The number of hydrogen-bond donors (Lipinski definition) is 0. The molecule has 0 saturated carbocycles. The third-order valence-electron chi connectivity index (χ3n) is 17.2. The molecule has 0 radical (unpaired) electrons. The van der Waals surface area contributed by atoms with Crippen molar-refractivity contribution in [2.24, 2.45) is 0 Å². The van der Waals surface area contributed by atoms with Gasteiger partial charge in [-0.3, -0.25) is 0 Å². The number of halogens is 6. The van der Waals surface area contributed by atoms with E-state index >= 15 is 26.3 Å². The highest BCUT2D eigenvalue weighted by Gasteiger charge is 2.53. The number of fused-ring (bicyclic) bond motifs is 8. The molecule has 14 heteroatoms. The fourth-order valence-electron chi connectivity index (χ4n) is 13.8. The third-order valence-corrected chi connectivity index (χ3v) is 18.4. The third kappa shape index (κ3) is 8.52. The van der Waals surface area contributed by atoms with Crippen molar-refractivity contribution in [1.82, 2.24) is 0 Å². The highest BCUT2D eigenvalue weighted by atomic mass is 32.2. The Kier molecular flexibility index (Phi) is 12.5. The maximum atomic E-state index is 18.0. The zero-order chi connectivity index (χ0) is 59.4. The molecule has 4 heterocycles. The molecule has 0 aromatic heterocycles. The van der Waals surface area contributed by atoms with E-state index in [0.29, 0.717) is 38.3 Å². The van der Waals surface area contributed by atoms with E-state index in [2.05, 4.69) is 20.8 Å². The lowest BCUT2D eigenvalue weighted by molar-refractivity contribution is -0.139. The van der Waals surface area contributed by atoms with Crippen LogP contribution in [0.5, 0.6) is 0 Å². The Labute approximate surface area is 509 Å². The summed E-state index contributed by atoms with van der Waals surface area (Å²) in [5.74, 6) is 0. The monoisotopic (exact) mass is 1170 g/mol. The maximum Gasteiger partial charge on any atom is 0.419 e. The summed E-state index contributed by atoms with van der Waals surface area (Å²) >= 11 is 1.03. The highest BCUT2D eigenvalue weighted by Crippen LogP contribution is 2.56. The van der Waals surface area contributed by atoms with Gasteiger partial charge in [-0.15, -0.1) is 0 Å². The van der Waals surface area contributed by atoms with Gasteiger partial charge in [0.2, 0.25) is 6.71 Å². The van der Waals surface area contributed by atoms with Crippen LogP contribution in [0.3, 0.4) is 0 Å². The highest BCUT2D eigenvalue weighted by molar-refractivity contribution is 8.00. The molecule has 4 aliphatic heterocycles. The van der Waals surface area contributed by atoms with Gasteiger partial charge in [-0.05, 0) is 149 Å². The van der Waals surface area contributed by atoms with E-state index in [1.165, 1.54) is 23.1 Å². The first-order chi connectivity index (χ1) is 43.0. The zero-order valence-electron chi connectivity index (χ0n) is 46.7. The van der Waals surface area contributed by atoms with Crippen LogP contribution < -0.4 is 57.3 Å². The van der Waals surface area contributed by atoms with E-state index in [9.17, 15) is 0 Å². The number of hydrogen-bond acceptors (Lipinski definition) is 6. The Bertz CT molecular complexity index is 4600. The van der Waals surface area contributed by atoms with Gasteiger partial charge < -0.3 is 24.5 Å². The number of anilines is 15. The smallest absolute Gasteiger partial charge is 0.311 e. The van der Waals surface area contributed by atoms with Gasteiger partial charge >= 0.3 is 12.4 Å². The van der Waals surface area contributed by atoms with E-state index in [1.807, 2.05) is 254 Å². The molecule has 0 amide bonds. The molecule has 0 spiro atoms. The predicted octanol–water partition coefficient (Wildman–Crippen LogP) is 17.5. The van der Waals surface area contributed by atoms with E-state index in [0.717, 1.165) is 79.9 Å². The molecular weight excluding hydrogens is 1130 g/mol. The lowest BCUT2D eigenvalue weighted by Crippen LogP contribution is -2.65. The normalized spacial score (nSPS) is 13.4. The second-order valence-electron chi connectivity index (χ2n) is 22.2. The molecule has 88 heavy (non-hydrogen) atoms. The summed E-state index contributed by atoms with van der Waals surface area (Å²) < 4.78 is 102. The van der Waals surface area contributed by atoms with Gasteiger partial charge in [0.25, 0.3) is 6.71 Å². The second-order valence-corrected chi connectivity index (χ2v) is 23.2. The van der Waals surface area contributed by atoms with Crippen molar-refractivity contribution >= 4 is 143 Å². The van der Waals surface area contributed by atoms with Gasteiger partial charge in [0.15, 0.2) is 0 Å². The van der Waals surface area contributed by atoms with Crippen LogP contribution in [0.25, 0.3) is 0 Å². The van der Waals surface area contributed by atoms with Gasteiger partial charge in [-0.1, -0.05) is 181 Å². The molecule has 0 fully saturated rings. The second kappa shape index (κ2) is 20.7. The average Bonchev–Trinajstić information content (AvgIpc) is 0.753. The Morgan fingerprint density at radius 3 is 1.14 bits per heavy atom. The maximum absolute atomic E-state index is 18.0. The van der Waals surface area contributed by atoms with Crippen LogP contribution in [-0.4, -0.2) is 13.4 Å². The summed E-state index contributed by atoms with van der Waals surface area (Å²) in [6, 6.07) is 89.2. The van der Waals surface area contributed by atoms with Gasteiger partial charge in [0, 0.05) is 78.0 Å². The largest absolute Gasteiger partial charge is 0.419 e. The molecule has 16 rings (SSSR count). The zero-order valence-corrected chi connectivity index (χ0v) is 47.5. The molecule has 0 bridgehead atoms. The SMILES string of the molecule is FC(F)(F)c1ccccc1N1c2cc(N(c3ccccc3)c3ccccc3)cc3c2B(c2ccccc2N3c2ccccc2)c2cc3c(c(C(F)(F)F)c21)Sc1cc(N(c2ccccc2)c2ccccc2)cc2c1B3c1ccccc1N2c1ccccc1. The van der Waals surface area contributed by atoms with Crippen molar-refractivity contribution < 1.29 is 26.3 Å². The van der Waals surface area contributed by atoms with Gasteiger partial charge in [-0.25, -0.2) is 0 Å². The van der Waals surface area contributed by atoms with Crippen molar-refractivity contribution in [3.63, 3.8) is 0 Å². The molecule has 12 aromatic carbocycles. The molecule has 5 nitrogen and oxygen atoms in total. The first-order valence-electron chi connectivity index (χ1n) is 29.0. The summed E-state index contributed by atoms with van der Waals surface area (Å²) in [7, 11) is 0. The Balaban J connectivity index is 1.05. The van der Waals surface area contributed by atoms with Crippen molar-refractivity contribution in [3.8, 4) is 0 Å². The van der Waals surface area contributed by atoms with Crippen molar-refractivity contribution in [3.05, 3.63) is 296 Å². The van der Waals surface area contributed by atoms with E-state index in [-0.39, 0.29) is 21.7 Å². The molecule has 0 saturated heterocycles. The fourth-order valence-corrected chi connectivity index (χ4v) is 15.2. The average molecular weight is 1170 g/mol. The standard InChI is InChI=1S/C74H47B2F6N5S/c77-73(78,79)56-37-19-22-40-61(56)87-65-44-54(83(48-25-7-1-8-26-48)49-27-9-2-10-28-49)43-64-69(65)75(57-38-20-23-41-62(57)85(64)52-33-15-5-16-34-52)59-47-60-72(68(71(59)87)74(80,81)82)88-67-46-55(84(50-29-11-3-12-30-50)51-31-13-4-14-32-51)45-66-70(67)76(60)58-39-21-24-42-63(58)86(66)53-35-17-6-18-36-53/h1-47H. The van der Waals surface area contributed by atoms with Crippen LogP contribution in [0, 0.1) is 0 Å². The van der Waals surface area contributed by atoms with Crippen molar-refractivity contribution in [2.45, 2.75) is 22.1 Å². The van der Waals surface area contributed by atoms with Crippen LogP contribution in [0.2, 0.25) is 0 Å². The topological polar surface area (TPSA) is 16.2 Å². The van der Waals surface area contributed by atoms with Gasteiger partial charge in [0.05, 0.1) is 28.2 Å². The lowest BCUT2D eigenvalue weighted by Gasteiger charge is -2.47. The predicted molar refractivity (Wildman–Crippen MR) is 350 cm³/mol. The number of alkyl halides is 6. The number of rotatable bonds is 9. The van der Waals surface area contributed by atoms with E-state index in [1.54, 1.807) is 6.07 Å². The van der Waals surface area contributed by atoms with Crippen molar-refractivity contribution in [2.75, 3.05) is 24.5 Å². The van der Waals surface area contributed by atoms with E-state index in [4.69, 9.17) is 0 Å². The van der Waals surface area contributed by atoms with Crippen LogP contribution in [0.1, 0.15) is 11.1 Å². The summed E-state index contributed by atoms with van der Waals surface area (Å²) in [6.07, 6.45) is -10.2. The van der Waals surface area contributed by atoms with Crippen LogP contribution >= 0.6 is 11.8 Å². The minimum Gasteiger partial charge on any atom is -0.311 e. The molecule has 12 aromatic rings. The molecular formula is C74H47B2F6N5S. The first-order valence-corrected chi connectivity index (χ1v) is 29.8. The molecule has 0 atom stereocenters. The summed E-state index contributed by atoms with van der Waals surface area (Å²) in [5, 5.41) is 0. The number of para-hydroxylation sites is 9. The minimum atomic E-state index is -5.15. The van der Waals surface area contributed by atoms with E-state index < -0.39 is 42.6 Å². The van der Waals surface area contributed by atoms with Gasteiger partial charge in [0.1, 0.15) is 0 Å². The Morgan fingerprint density at radius 1 is 0.307 bits per heavy atom. The summed E-state index contributed by atoms with van der Waals surface area (Å²) in [4.78, 5) is 10.2. The van der Waals surface area contributed by atoms with Crippen LogP contribution in [0.15, 0.2) is 295 Å². The van der Waals surface area contributed by atoms with Crippen LogP contribution in [-0.2, 0) is 12.4 Å². The van der Waals surface area contributed by atoms with Crippen molar-refractivity contribution in [1.29, 1.82) is 0 Å². The Morgan fingerprint density at radius 2 is 0.682 bits per heavy atom. The summed E-state index contributed by atoms with van der Waals surface area (Å²) in [5.41, 5.74) is 9.62. The quantitative estimate of drug-likeness (QED) is 0.105. The molecule has 0 N–H and O–H groups in total. The molecule has 0 aliphatic carbocycles. The molecule has 0 unspecified atom stereocenters. The lowest BCUT2D eigenvalue weighted by atomic mass is 9.30. The van der Waals surface area contributed by atoms with Crippen LogP contribution in [0.4, 0.5) is 112 Å². The Hall–Kier alpha value is -10.3. The number of benzene rings is 12. The van der Waals surface area contributed by atoms with Gasteiger partial charge in [-0.2, -0.15) is 26.3 Å². The summed E-state index contributed by atoms with van der Waals surface area (Å²) in [6.45, 7) is -1.70. The molecule has 422 valence electrons. The fraction of sp³-hybridized carbons (Fsp3) is 0.0270. The minimum absolute atomic E-state index is 0.0830. The molecule has 4 aliphatic rings.